The number of anilines is 1. The smallest absolute Gasteiger partial charge is 0.407 e. The maximum absolute atomic E-state index is 13.9. The van der Waals surface area contributed by atoms with Crippen molar-refractivity contribution in [1.29, 1.82) is 0 Å². The van der Waals surface area contributed by atoms with Crippen molar-refractivity contribution < 1.29 is 33.4 Å². The normalized spacial score (nSPS) is 13.4. The minimum Gasteiger partial charge on any atom is -0.449 e. The molecule has 1 aliphatic carbocycles. The molecule has 12 nitrogen and oxygen atoms in total. The summed E-state index contributed by atoms with van der Waals surface area (Å²) in [4.78, 5) is 52.2. The summed E-state index contributed by atoms with van der Waals surface area (Å²) in [7, 11) is -2.12. The van der Waals surface area contributed by atoms with Gasteiger partial charge in [0.1, 0.15) is 25.3 Å². The van der Waals surface area contributed by atoms with E-state index in [1.54, 1.807) is 26.0 Å². The molecule has 0 aliphatic heterocycles. The number of amides is 5. The van der Waals surface area contributed by atoms with Gasteiger partial charge in [-0.05, 0) is 75.8 Å². The lowest BCUT2D eigenvalue weighted by molar-refractivity contribution is -0.128. The zero-order chi connectivity index (χ0) is 41.8. The average Bonchev–Trinajstić information content (AvgIpc) is 3.50. The van der Waals surface area contributed by atoms with Crippen LogP contribution < -0.4 is 27.0 Å². The minimum atomic E-state index is -2.12. The molecule has 306 valence electrons. The first-order chi connectivity index (χ1) is 27.1. The van der Waals surface area contributed by atoms with Gasteiger partial charge in [0, 0.05) is 23.7 Å². The largest absolute Gasteiger partial charge is 0.449 e. The van der Waals surface area contributed by atoms with E-state index in [-0.39, 0.29) is 43.1 Å². The molecule has 0 fully saturated rings. The second-order valence-corrected chi connectivity index (χ2v) is 20.9. The second-order valence-electron chi connectivity index (χ2n) is 15.7. The first-order valence-electron chi connectivity index (χ1n) is 19.8. The number of nitrogens with two attached hydrogens (primary N) is 1. The van der Waals surface area contributed by atoms with E-state index in [1.807, 2.05) is 42.5 Å². The van der Waals surface area contributed by atoms with Gasteiger partial charge in [-0.15, -0.1) is 0 Å². The minimum absolute atomic E-state index is 0.0213. The van der Waals surface area contributed by atoms with Gasteiger partial charge in [-0.2, -0.15) is 0 Å². The van der Waals surface area contributed by atoms with Crippen molar-refractivity contribution in [2.45, 2.75) is 103 Å². The number of primary amides is 1. The number of nitrogens with one attached hydrogen (secondary N) is 4. The summed E-state index contributed by atoms with van der Waals surface area (Å²) in [6.07, 6.45) is -0.270. The van der Waals surface area contributed by atoms with Gasteiger partial charge in [0.15, 0.2) is 8.32 Å². The van der Waals surface area contributed by atoms with Crippen molar-refractivity contribution in [3.05, 3.63) is 89.0 Å². The molecule has 57 heavy (non-hydrogen) atoms. The SMILES string of the molecule is CC[Si](CC)(OCc1ccc(NC(=O)[C@H](CCCNC(N)=O)NC(=O)[C@@H](NC(=O)OCC2c3ccccc3-c3ccccc32)C(C)C)cc1C#CCO)C(C)(C)C. The predicted octanol–water partition coefficient (Wildman–Crippen LogP) is 6.77. The quantitative estimate of drug-likeness (QED) is 0.0496. The van der Waals surface area contributed by atoms with Crippen molar-refractivity contribution >= 4 is 37.9 Å². The number of alkyl carbamates (subject to hydrolysis) is 1. The summed E-state index contributed by atoms with van der Waals surface area (Å²) in [6.45, 7) is 14.8. The maximum atomic E-state index is 13.9. The third kappa shape index (κ3) is 11.5. The van der Waals surface area contributed by atoms with Crippen LogP contribution in [0.2, 0.25) is 17.1 Å². The standard InChI is InChI=1S/C44H59N5O7Si/c1-8-57(9-2,44(5,6)7)56-27-31-22-23-32(26-30(31)16-15-25-50)47-40(51)38(21-14-24-46-42(45)53)48-41(52)39(29(3)4)49-43(54)55-28-37-35-19-12-10-17-33(35)34-18-11-13-20-36(34)37/h10-13,17-20,22-23,26,29,37-39,50H,8-9,14,21,24-25,27-28H2,1-7H3,(H,47,51)(H,48,52)(H,49,54)(H3,45,46,53)/t38-,39-/m0/s1. The Balaban J connectivity index is 1.47. The van der Waals surface area contributed by atoms with E-state index < -0.39 is 44.3 Å². The number of hydrogen-bond acceptors (Lipinski definition) is 7. The number of fused-ring (bicyclic) bond motifs is 3. The van der Waals surface area contributed by atoms with Crippen LogP contribution in [0.3, 0.4) is 0 Å². The Morgan fingerprint density at radius 1 is 0.912 bits per heavy atom. The summed E-state index contributed by atoms with van der Waals surface area (Å²) in [5.74, 6) is 4.12. The molecule has 1 aliphatic rings. The molecule has 0 aromatic heterocycles. The Kier molecular flexibility index (Phi) is 15.9. The Hall–Kier alpha value is -5.16. The number of aliphatic hydroxyl groups excluding tert-OH is 1. The van der Waals surface area contributed by atoms with Crippen LogP contribution in [0.15, 0.2) is 66.7 Å². The van der Waals surface area contributed by atoms with Crippen LogP contribution in [0.1, 0.15) is 89.5 Å². The van der Waals surface area contributed by atoms with Crippen molar-refractivity contribution in [2.75, 3.05) is 25.1 Å². The fourth-order valence-electron chi connectivity index (χ4n) is 7.56. The van der Waals surface area contributed by atoms with Gasteiger partial charge in [0.05, 0.1) is 6.61 Å². The number of carbonyl (C=O) groups excluding carboxylic acids is 4. The predicted molar refractivity (Wildman–Crippen MR) is 226 cm³/mol. The van der Waals surface area contributed by atoms with Gasteiger partial charge in [-0.1, -0.05) is 115 Å². The molecule has 0 radical (unpaired) electrons. The van der Waals surface area contributed by atoms with E-state index in [0.717, 1.165) is 39.9 Å². The van der Waals surface area contributed by atoms with Crippen molar-refractivity contribution in [3.63, 3.8) is 0 Å². The second kappa shape index (κ2) is 20.3. The van der Waals surface area contributed by atoms with Crippen LogP contribution in [-0.4, -0.2) is 69.2 Å². The summed E-state index contributed by atoms with van der Waals surface area (Å²) in [6, 6.07) is 20.5. The first-order valence-corrected chi connectivity index (χ1v) is 22.1. The average molecular weight is 798 g/mol. The van der Waals surface area contributed by atoms with E-state index in [1.165, 1.54) is 0 Å². The maximum Gasteiger partial charge on any atom is 0.407 e. The highest BCUT2D eigenvalue weighted by Crippen LogP contribution is 2.45. The Morgan fingerprint density at radius 2 is 1.54 bits per heavy atom. The molecule has 0 saturated carbocycles. The number of aliphatic hydroxyl groups is 1. The molecule has 0 unspecified atom stereocenters. The number of ether oxygens (including phenoxy) is 1. The fraction of sp³-hybridized carbons (Fsp3) is 0.455. The zero-order valence-corrected chi connectivity index (χ0v) is 35.3. The van der Waals surface area contributed by atoms with Gasteiger partial charge < -0.3 is 41.3 Å². The monoisotopic (exact) mass is 797 g/mol. The summed E-state index contributed by atoms with van der Waals surface area (Å²) in [5.41, 5.74) is 11.4. The van der Waals surface area contributed by atoms with Gasteiger partial charge in [-0.3, -0.25) is 9.59 Å². The lowest BCUT2D eigenvalue weighted by Crippen LogP contribution is -2.54. The number of benzene rings is 3. The molecule has 0 heterocycles. The summed E-state index contributed by atoms with van der Waals surface area (Å²) < 4.78 is 12.4. The number of rotatable bonds is 17. The zero-order valence-electron chi connectivity index (χ0n) is 34.3. The third-order valence-electron chi connectivity index (χ3n) is 10.9. The van der Waals surface area contributed by atoms with Crippen molar-refractivity contribution in [2.24, 2.45) is 11.7 Å². The topological polar surface area (TPSA) is 181 Å². The van der Waals surface area contributed by atoms with E-state index >= 15 is 0 Å². The van der Waals surface area contributed by atoms with Crippen LogP contribution in [-0.2, 0) is 25.4 Å². The molecule has 0 spiro atoms. The molecule has 3 aromatic carbocycles. The van der Waals surface area contributed by atoms with Gasteiger partial charge in [0.2, 0.25) is 11.8 Å². The van der Waals surface area contributed by atoms with Crippen LogP contribution in [0.5, 0.6) is 0 Å². The van der Waals surface area contributed by atoms with E-state index in [9.17, 15) is 24.3 Å². The number of urea groups is 1. The lowest BCUT2D eigenvalue weighted by Gasteiger charge is -2.41. The Bertz CT molecular complexity index is 1900. The highest BCUT2D eigenvalue weighted by molar-refractivity contribution is 6.76. The van der Waals surface area contributed by atoms with Crippen LogP contribution in [0.4, 0.5) is 15.3 Å². The van der Waals surface area contributed by atoms with Gasteiger partial charge >= 0.3 is 12.1 Å². The molecule has 0 saturated heterocycles. The molecular weight excluding hydrogens is 739 g/mol. The fourth-order valence-corrected chi connectivity index (χ4v) is 11.5. The molecule has 4 rings (SSSR count). The highest BCUT2D eigenvalue weighted by atomic mass is 28.4. The third-order valence-corrected chi connectivity index (χ3v) is 16.6. The molecule has 3 aromatic rings. The van der Waals surface area contributed by atoms with Crippen molar-refractivity contribution in [3.8, 4) is 23.0 Å². The van der Waals surface area contributed by atoms with Crippen molar-refractivity contribution in [1.82, 2.24) is 16.0 Å². The molecular formula is C44H59N5O7Si. The lowest BCUT2D eigenvalue weighted by atomic mass is 9.98. The summed E-state index contributed by atoms with van der Waals surface area (Å²) >= 11 is 0. The van der Waals surface area contributed by atoms with E-state index in [4.69, 9.17) is 14.9 Å². The van der Waals surface area contributed by atoms with Crippen LogP contribution in [0, 0.1) is 17.8 Å². The van der Waals surface area contributed by atoms with Crippen LogP contribution in [0.25, 0.3) is 11.1 Å². The first kappa shape index (κ1) is 44.6. The molecule has 0 bridgehead atoms. The molecule has 7 N–H and O–H groups in total. The molecule has 2 atom stereocenters. The Labute approximate surface area is 338 Å². The van der Waals surface area contributed by atoms with Gasteiger partial charge in [0.25, 0.3) is 0 Å². The van der Waals surface area contributed by atoms with Crippen LogP contribution >= 0.6 is 0 Å². The molecule has 13 heteroatoms. The van der Waals surface area contributed by atoms with E-state index in [2.05, 4.69) is 79.9 Å². The van der Waals surface area contributed by atoms with E-state index in [0.29, 0.717) is 24.3 Å². The Morgan fingerprint density at radius 3 is 2.11 bits per heavy atom. The highest BCUT2D eigenvalue weighted by Gasteiger charge is 2.43. The number of hydrogen-bond donors (Lipinski definition) is 6. The molecule has 5 amide bonds. The summed E-state index contributed by atoms with van der Waals surface area (Å²) in [5, 5.41) is 20.4. The van der Waals surface area contributed by atoms with Gasteiger partial charge in [-0.25, -0.2) is 9.59 Å². The number of carbonyl (C=O) groups is 4.